The van der Waals surface area contributed by atoms with Crippen molar-refractivity contribution in [3.05, 3.63) is 17.7 Å². The molecule has 0 spiro atoms. The number of likely N-dealkylation sites (tertiary alicyclic amines) is 1. The predicted molar refractivity (Wildman–Crippen MR) is 157 cm³/mol. The summed E-state index contributed by atoms with van der Waals surface area (Å²) in [5.41, 5.74) is 6.57. The highest BCUT2D eigenvalue weighted by Crippen LogP contribution is 2.45. The maximum absolute atomic E-state index is 14.5. The van der Waals surface area contributed by atoms with Gasteiger partial charge in [-0.15, -0.1) is 0 Å². The fourth-order valence-corrected chi connectivity index (χ4v) is 7.28. The van der Waals surface area contributed by atoms with E-state index < -0.39 is 23.9 Å². The van der Waals surface area contributed by atoms with E-state index >= 15 is 0 Å². The van der Waals surface area contributed by atoms with Crippen LogP contribution in [0.25, 0.3) is 0 Å². The van der Waals surface area contributed by atoms with E-state index in [0.717, 1.165) is 76.2 Å². The molecule has 1 heterocycles. The van der Waals surface area contributed by atoms with Crippen LogP contribution in [0.3, 0.4) is 0 Å². The standard InChI is InChI=1S/C32H49N3O6/c1-39-26-19-23(20-27(40-2)29(26)41-3)28(22-14-8-5-9-15-22)32(38)35-17-11-10-16-25(35)31(37)34-24(30(33)36)18-21-12-6-4-7-13-21/h19-22,24-25,28H,4-18H2,1-3H3,(H2,33,36)(H,34,37). The molecule has 1 saturated heterocycles. The Balaban J connectivity index is 1.61. The average molecular weight is 572 g/mol. The molecule has 3 aliphatic rings. The van der Waals surface area contributed by atoms with E-state index in [9.17, 15) is 14.4 Å². The van der Waals surface area contributed by atoms with Crippen molar-refractivity contribution in [2.75, 3.05) is 27.9 Å². The van der Waals surface area contributed by atoms with Gasteiger partial charge in [0.25, 0.3) is 0 Å². The molecule has 0 bridgehead atoms. The summed E-state index contributed by atoms with van der Waals surface area (Å²) in [5, 5.41) is 2.96. The summed E-state index contributed by atoms with van der Waals surface area (Å²) < 4.78 is 16.8. The Morgan fingerprint density at radius 1 is 0.854 bits per heavy atom. The Bertz CT molecular complexity index is 1020. The lowest BCUT2D eigenvalue weighted by atomic mass is 9.75. The number of ether oxygens (including phenoxy) is 3. The summed E-state index contributed by atoms with van der Waals surface area (Å²) in [6, 6.07) is 2.42. The number of nitrogens with zero attached hydrogens (tertiary/aromatic N) is 1. The number of piperidine rings is 1. The molecular weight excluding hydrogens is 522 g/mol. The van der Waals surface area contributed by atoms with Gasteiger partial charge < -0.3 is 30.2 Å². The lowest BCUT2D eigenvalue weighted by molar-refractivity contribution is -0.145. The Morgan fingerprint density at radius 3 is 2.00 bits per heavy atom. The topological polar surface area (TPSA) is 120 Å². The van der Waals surface area contributed by atoms with Gasteiger partial charge in [0.05, 0.1) is 27.2 Å². The molecule has 1 aromatic carbocycles. The first-order valence-corrected chi connectivity index (χ1v) is 15.6. The molecule has 41 heavy (non-hydrogen) atoms. The van der Waals surface area contributed by atoms with Gasteiger partial charge in [0.15, 0.2) is 11.5 Å². The van der Waals surface area contributed by atoms with E-state index in [2.05, 4.69) is 5.32 Å². The van der Waals surface area contributed by atoms with Crippen LogP contribution < -0.4 is 25.3 Å². The number of methoxy groups -OCH3 is 3. The number of primary amides is 1. The number of carbonyl (C=O) groups excluding carboxylic acids is 3. The summed E-state index contributed by atoms with van der Waals surface area (Å²) in [5.74, 6) is 0.779. The van der Waals surface area contributed by atoms with Crippen LogP contribution in [0.1, 0.15) is 101 Å². The number of carbonyl (C=O) groups is 3. The first kappa shape index (κ1) is 31.0. The number of hydrogen-bond acceptors (Lipinski definition) is 6. The molecule has 0 radical (unpaired) electrons. The summed E-state index contributed by atoms with van der Waals surface area (Å²) in [6.07, 6.45) is 13.7. The van der Waals surface area contributed by atoms with Gasteiger partial charge in [0.2, 0.25) is 23.5 Å². The van der Waals surface area contributed by atoms with Crippen molar-refractivity contribution in [1.82, 2.24) is 10.2 Å². The fraction of sp³-hybridized carbons (Fsp3) is 0.719. The smallest absolute Gasteiger partial charge is 0.243 e. The Labute approximate surface area is 244 Å². The van der Waals surface area contributed by atoms with Crippen molar-refractivity contribution < 1.29 is 28.6 Å². The van der Waals surface area contributed by atoms with E-state index in [1.165, 1.54) is 6.42 Å². The quantitative estimate of drug-likeness (QED) is 0.397. The SMILES string of the molecule is COc1cc(C(C(=O)N2CCCCC2C(=O)NC(CC2CCCCC2)C(N)=O)C2CCCCC2)cc(OC)c1OC. The minimum absolute atomic E-state index is 0.0473. The molecule has 4 rings (SSSR count). The first-order valence-electron chi connectivity index (χ1n) is 15.6. The van der Waals surface area contributed by atoms with Crippen LogP contribution in [0.15, 0.2) is 12.1 Å². The minimum Gasteiger partial charge on any atom is -0.493 e. The van der Waals surface area contributed by atoms with E-state index in [1.807, 2.05) is 12.1 Å². The Morgan fingerprint density at radius 2 is 1.44 bits per heavy atom. The van der Waals surface area contributed by atoms with Crippen LogP contribution >= 0.6 is 0 Å². The van der Waals surface area contributed by atoms with Crippen LogP contribution in [0.2, 0.25) is 0 Å². The van der Waals surface area contributed by atoms with E-state index in [1.54, 1.807) is 26.2 Å². The van der Waals surface area contributed by atoms with Crippen LogP contribution in [0.4, 0.5) is 0 Å². The number of benzene rings is 1. The number of amides is 3. The molecule has 9 nitrogen and oxygen atoms in total. The van der Waals surface area contributed by atoms with Crippen molar-refractivity contribution in [2.45, 2.75) is 108 Å². The summed E-state index contributed by atoms with van der Waals surface area (Å²) in [4.78, 5) is 42.4. The van der Waals surface area contributed by atoms with Crippen LogP contribution in [0, 0.1) is 11.8 Å². The van der Waals surface area contributed by atoms with Gasteiger partial charge >= 0.3 is 0 Å². The number of hydrogen-bond donors (Lipinski definition) is 2. The van der Waals surface area contributed by atoms with Gasteiger partial charge in [-0.3, -0.25) is 14.4 Å². The second kappa shape index (κ2) is 14.8. The third-order valence-electron chi connectivity index (χ3n) is 9.48. The molecule has 3 unspecified atom stereocenters. The molecule has 1 aromatic rings. The third-order valence-corrected chi connectivity index (χ3v) is 9.48. The maximum atomic E-state index is 14.5. The monoisotopic (exact) mass is 571 g/mol. The van der Waals surface area contributed by atoms with Crippen LogP contribution in [0.5, 0.6) is 17.2 Å². The van der Waals surface area contributed by atoms with Gasteiger partial charge in [-0.05, 0) is 68.1 Å². The summed E-state index contributed by atoms with van der Waals surface area (Å²) in [7, 11) is 4.71. The fourth-order valence-electron chi connectivity index (χ4n) is 7.28. The molecule has 3 atom stereocenters. The zero-order valence-electron chi connectivity index (χ0n) is 25.1. The van der Waals surface area contributed by atoms with Gasteiger partial charge in [-0.1, -0.05) is 51.4 Å². The molecule has 2 saturated carbocycles. The molecule has 3 N–H and O–H groups in total. The maximum Gasteiger partial charge on any atom is 0.243 e. The average Bonchev–Trinajstić information content (AvgIpc) is 3.01. The van der Waals surface area contributed by atoms with Crippen molar-refractivity contribution in [2.24, 2.45) is 17.6 Å². The Hall–Kier alpha value is -2.97. The van der Waals surface area contributed by atoms with Crippen LogP contribution in [-0.2, 0) is 14.4 Å². The van der Waals surface area contributed by atoms with Gasteiger partial charge in [-0.2, -0.15) is 0 Å². The lowest BCUT2D eigenvalue weighted by Gasteiger charge is -2.40. The molecule has 2 aliphatic carbocycles. The van der Waals surface area contributed by atoms with Crippen molar-refractivity contribution in [3.8, 4) is 17.2 Å². The normalized spacial score (nSPS) is 21.9. The molecule has 1 aliphatic heterocycles. The number of rotatable bonds is 11. The van der Waals surface area contributed by atoms with Crippen LogP contribution in [-0.4, -0.2) is 62.6 Å². The highest BCUT2D eigenvalue weighted by atomic mass is 16.5. The summed E-state index contributed by atoms with van der Waals surface area (Å²) in [6.45, 7) is 0.508. The van der Waals surface area contributed by atoms with E-state index in [-0.39, 0.29) is 17.7 Å². The Kier molecular flexibility index (Phi) is 11.2. The van der Waals surface area contributed by atoms with Gasteiger partial charge in [0, 0.05) is 6.54 Å². The number of nitrogens with one attached hydrogen (secondary N) is 1. The molecule has 3 fully saturated rings. The molecular formula is C32H49N3O6. The molecule has 0 aromatic heterocycles. The highest BCUT2D eigenvalue weighted by molar-refractivity contribution is 5.93. The second-order valence-electron chi connectivity index (χ2n) is 12.1. The second-order valence-corrected chi connectivity index (χ2v) is 12.1. The van der Waals surface area contributed by atoms with E-state index in [0.29, 0.717) is 42.6 Å². The lowest BCUT2D eigenvalue weighted by Crippen LogP contribution is -2.57. The molecule has 3 amide bonds. The van der Waals surface area contributed by atoms with Crippen molar-refractivity contribution in [1.29, 1.82) is 0 Å². The van der Waals surface area contributed by atoms with Crippen molar-refractivity contribution in [3.63, 3.8) is 0 Å². The van der Waals surface area contributed by atoms with Gasteiger partial charge in [0.1, 0.15) is 12.1 Å². The minimum atomic E-state index is -0.714. The number of nitrogens with two attached hydrogens (primary N) is 1. The van der Waals surface area contributed by atoms with Gasteiger partial charge in [-0.25, -0.2) is 0 Å². The summed E-state index contributed by atoms with van der Waals surface area (Å²) >= 11 is 0. The zero-order valence-corrected chi connectivity index (χ0v) is 25.1. The largest absolute Gasteiger partial charge is 0.493 e. The first-order chi connectivity index (χ1) is 19.9. The van der Waals surface area contributed by atoms with E-state index in [4.69, 9.17) is 19.9 Å². The highest BCUT2D eigenvalue weighted by Gasteiger charge is 2.41. The molecule has 228 valence electrons. The predicted octanol–water partition coefficient (Wildman–Crippen LogP) is 4.70. The molecule has 9 heteroatoms. The zero-order chi connectivity index (χ0) is 29.4. The van der Waals surface area contributed by atoms with Crippen molar-refractivity contribution >= 4 is 17.7 Å². The third kappa shape index (κ3) is 7.46.